The molecule has 2 heteroatoms. The molecule has 1 aromatic carbocycles. The molecule has 0 fully saturated rings. The van der Waals surface area contributed by atoms with Crippen molar-refractivity contribution in [3.05, 3.63) is 35.9 Å². The van der Waals surface area contributed by atoms with E-state index < -0.39 is 0 Å². The van der Waals surface area contributed by atoms with Gasteiger partial charge in [0.2, 0.25) is 0 Å². The molecule has 1 aromatic rings. The van der Waals surface area contributed by atoms with Crippen LogP contribution in [0.2, 0.25) is 0 Å². The molecule has 0 bridgehead atoms. The molecular weight excluding hydrogens is 150 g/mol. The van der Waals surface area contributed by atoms with Gasteiger partial charge in [0, 0.05) is 5.92 Å². The fraction of sp³-hybridized carbons (Fsp3) is 0.300. The molecule has 62 valence electrons. The Morgan fingerprint density at radius 3 is 2.75 bits per heavy atom. The summed E-state index contributed by atoms with van der Waals surface area (Å²) in [5.74, 6) is 0.441. The van der Waals surface area contributed by atoms with Gasteiger partial charge < -0.3 is 4.74 Å². The lowest BCUT2D eigenvalue weighted by Crippen LogP contribution is -2.15. The summed E-state index contributed by atoms with van der Waals surface area (Å²) in [6.45, 7) is 1.61. The topological polar surface area (TPSA) is 21.6 Å². The molecule has 1 atom stereocenters. The van der Waals surface area contributed by atoms with Crippen LogP contribution in [0.5, 0.6) is 0 Å². The van der Waals surface area contributed by atoms with Gasteiger partial charge in [0.15, 0.2) is 6.40 Å². The maximum Gasteiger partial charge on any atom is 0.169 e. The van der Waals surface area contributed by atoms with Crippen molar-refractivity contribution in [2.45, 2.75) is 5.92 Å². The van der Waals surface area contributed by atoms with E-state index in [1.165, 1.54) is 5.56 Å². The summed E-state index contributed by atoms with van der Waals surface area (Å²) in [7, 11) is 0. The summed E-state index contributed by atoms with van der Waals surface area (Å²) in [4.78, 5) is 4.09. The van der Waals surface area contributed by atoms with E-state index in [4.69, 9.17) is 4.74 Å². The Kier molecular flexibility index (Phi) is 2.08. The van der Waals surface area contributed by atoms with E-state index in [2.05, 4.69) is 17.1 Å². The van der Waals surface area contributed by atoms with Crippen molar-refractivity contribution in [3.63, 3.8) is 0 Å². The zero-order chi connectivity index (χ0) is 8.23. The lowest BCUT2D eigenvalue weighted by atomic mass is 10.00. The molecule has 1 aliphatic rings. The van der Waals surface area contributed by atoms with Gasteiger partial charge in [0.1, 0.15) is 0 Å². The Hall–Kier alpha value is -1.31. The zero-order valence-electron chi connectivity index (χ0n) is 6.81. The molecule has 0 amide bonds. The molecule has 0 spiro atoms. The number of ether oxygens (including phenoxy) is 1. The maximum absolute atomic E-state index is 5.14. The van der Waals surface area contributed by atoms with Crippen molar-refractivity contribution < 1.29 is 4.74 Å². The first-order valence-corrected chi connectivity index (χ1v) is 4.11. The number of nitrogens with zero attached hydrogens (tertiary/aromatic N) is 1. The highest BCUT2D eigenvalue weighted by molar-refractivity contribution is 5.47. The van der Waals surface area contributed by atoms with E-state index >= 15 is 0 Å². The van der Waals surface area contributed by atoms with E-state index in [1.807, 2.05) is 18.2 Å². The highest BCUT2D eigenvalue weighted by Crippen LogP contribution is 2.17. The van der Waals surface area contributed by atoms with Crippen LogP contribution in [-0.2, 0) is 4.74 Å². The zero-order valence-corrected chi connectivity index (χ0v) is 6.81. The summed E-state index contributed by atoms with van der Waals surface area (Å²) in [6.07, 6.45) is 1.54. The Morgan fingerprint density at radius 1 is 1.25 bits per heavy atom. The second kappa shape index (κ2) is 3.39. The molecule has 12 heavy (non-hydrogen) atoms. The Labute approximate surface area is 71.9 Å². The van der Waals surface area contributed by atoms with Gasteiger partial charge in [0.05, 0.1) is 13.2 Å². The first kappa shape index (κ1) is 7.35. The van der Waals surface area contributed by atoms with Crippen LogP contribution in [0.25, 0.3) is 0 Å². The summed E-state index contributed by atoms with van der Waals surface area (Å²) in [6, 6.07) is 10.4. The lowest BCUT2D eigenvalue weighted by Gasteiger charge is -2.17. The maximum atomic E-state index is 5.14. The van der Waals surface area contributed by atoms with Gasteiger partial charge in [0.25, 0.3) is 0 Å². The van der Waals surface area contributed by atoms with Crippen LogP contribution < -0.4 is 0 Å². The van der Waals surface area contributed by atoms with Crippen LogP contribution in [0.15, 0.2) is 35.3 Å². The highest BCUT2D eigenvalue weighted by atomic mass is 16.5. The minimum atomic E-state index is 0.441. The molecule has 0 saturated carbocycles. The van der Waals surface area contributed by atoms with Gasteiger partial charge in [-0.2, -0.15) is 0 Å². The van der Waals surface area contributed by atoms with Crippen LogP contribution in [0.1, 0.15) is 11.5 Å². The van der Waals surface area contributed by atoms with Gasteiger partial charge in [-0.1, -0.05) is 30.3 Å². The minimum Gasteiger partial charge on any atom is -0.483 e. The quantitative estimate of drug-likeness (QED) is 0.615. The molecule has 0 N–H and O–H groups in total. The SMILES string of the molecule is C1=NCC(c2ccccc2)CO1. The fourth-order valence-electron chi connectivity index (χ4n) is 1.36. The predicted molar refractivity (Wildman–Crippen MR) is 48.5 cm³/mol. The summed E-state index contributed by atoms with van der Waals surface area (Å²) < 4.78 is 5.14. The average molecular weight is 161 g/mol. The molecule has 0 aromatic heterocycles. The molecular formula is C10H11NO. The van der Waals surface area contributed by atoms with Crippen molar-refractivity contribution >= 4 is 6.40 Å². The van der Waals surface area contributed by atoms with Crippen molar-refractivity contribution in [2.24, 2.45) is 4.99 Å². The number of benzene rings is 1. The third kappa shape index (κ3) is 1.47. The molecule has 2 rings (SSSR count). The Bertz CT molecular complexity index is 268. The smallest absolute Gasteiger partial charge is 0.169 e. The monoisotopic (exact) mass is 161 g/mol. The normalized spacial score (nSPS) is 21.8. The van der Waals surface area contributed by atoms with Crippen molar-refractivity contribution in [2.75, 3.05) is 13.2 Å². The number of hydrogen-bond donors (Lipinski definition) is 0. The van der Waals surface area contributed by atoms with Gasteiger partial charge in [-0.15, -0.1) is 0 Å². The van der Waals surface area contributed by atoms with Gasteiger partial charge in [-0.25, -0.2) is 0 Å². The van der Waals surface area contributed by atoms with Crippen LogP contribution >= 0.6 is 0 Å². The molecule has 1 heterocycles. The fourth-order valence-corrected chi connectivity index (χ4v) is 1.36. The van der Waals surface area contributed by atoms with Crippen LogP contribution in [0, 0.1) is 0 Å². The van der Waals surface area contributed by atoms with Gasteiger partial charge in [-0.3, -0.25) is 4.99 Å². The van der Waals surface area contributed by atoms with E-state index in [0.29, 0.717) is 5.92 Å². The Balaban J connectivity index is 2.15. The lowest BCUT2D eigenvalue weighted by molar-refractivity contribution is 0.273. The standard InChI is InChI=1S/C10H11NO/c1-2-4-9(5-3-1)10-6-11-8-12-7-10/h1-5,8,10H,6-7H2. The molecule has 1 aliphatic heterocycles. The van der Waals surface area contributed by atoms with Crippen molar-refractivity contribution in [1.29, 1.82) is 0 Å². The van der Waals surface area contributed by atoms with Crippen molar-refractivity contribution in [1.82, 2.24) is 0 Å². The van der Waals surface area contributed by atoms with E-state index in [1.54, 1.807) is 6.40 Å². The molecule has 0 radical (unpaired) electrons. The average Bonchev–Trinajstić information content (AvgIpc) is 2.21. The Morgan fingerprint density at radius 2 is 2.08 bits per heavy atom. The second-order valence-electron chi connectivity index (χ2n) is 2.91. The molecule has 0 saturated heterocycles. The highest BCUT2D eigenvalue weighted by Gasteiger charge is 2.12. The van der Waals surface area contributed by atoms with Crippen LogP contribution in [0.3, 0.4) is 0 Å². The van der Waals surface area contributed by atoms with Gasteiger partial charge in [-0.05, 0) is 5.56 Å². The number of rotatable bonds is 1. The summed E-state index contributed by atoms with van der Waals surface area (Å²) >= 11 is 0. The van der Waals surface area contributed by atoms with E-state index in [-0.39, 0.29) is 0 Å². The number of hydrogen-bond acceptors (Lipinski definition) is 2. The van der Waals surface area contributed by atoms with Crippen molar-refractivity contribution in [3.8, 4) is 0 Å². The number of aliphatic imine (C=N–C) groups is 1. The summed E-state index contributed by atoms with van der Waals surface area (Å²) in [5.41, 5.74) is 1.31. The first-order valence-electron chi connectivity index (χ1n) is 4.11. The van der Waals surface area contributed by atoms with Crippen LogP contribution in [-0.4, -0.2) is 19.6 Å². The van der Waals surface area contributed by atoms with Crippen LogP contribution in [0.4, 0.5) is 0 Å². The minimum absolute atomic E-state index is 0.441. The van der Waals surface area contributed by atoms with Gasteiger partial charge >= 0.3 is 0 Å². The molecule has 2 nitrogen and oxygen atoms in total. The second-order valence-corrected chi connectivity index (χ2v) is 2.91. The molecule has 1 unspecified atom stereocenters. The first-order chi connectivity index (χ1) is 5.97. The third-order valence-corrected chi connectivity index (χ3v) is 2.04. The van der Waals surface area contributed by atoms with E-state index in [0.717, 1.165) is 13.2 Å². The molecule has 0 aliphatic carbocycles. The summed E-state index contributed by atoms with van der Waals surface area (Å²) in [5, 5.41) is 0. The third-order valence-electron chi connectivity index (χ3n) is 2.04. The van der Waals surface area contributed by atoms with E-state index in [9.17, 15) is 0 Å². The largest absolute Gasteiger partial charge is 0.483 e. The predicted octanol–water partition coefficient (Wildman–Crippen LogP) is 1.83.